The van der Waals surface area contributed by atoms with Gasteiger partial charge in [0.25, 0.3) is 5.69 Å². The molecule has 3 rings (SSSR count). The monoisotopic (exact) mass is 387 g/mol. The number of ketones is 1. The number of carbonyl (C=O) groups excluding carboxylic acids is 2. The molecule has 0 saturated heterocycles. The molecule has 0 aromatic heterocycles. The number of nitro groups is 1. The lowest BCUT2D eigenvalue weighted by Gasteiger charge is -2.05. The van der Waals surface area contributed by atoms with Crippen LogP contribution >= 0.6 is 0 Å². The highest BCUT2D eigenvalue weighted by molar-refractivity contribution is 6.06. The lowest BCUT2D eigenvalue weighted by Crippen LogP contribution is -2.08. The van der Waals surface area contributed by atoms with Crippen LogP contribution < -0.4 is 4.74 Å². The summed E-state index contributed by atoms with van der Waals surface area (Å²) in [5.74, 6) is -0.419. The molecule has 0 radical (unpaired) electrons. The normalized spacial score (nSPS) is 10.7. The van der Waals surface area contributed by atoms with Crippen molar-refractivity contribution in [3.05, 3.63) is 111 Å². The summed E-state index contributed by atoms with van der Waals surface area (Å²) in [5, 5.41) is 10.8. The molecule has 0 spiro atoms. The molecule has 3 aromatic rings. The predicted octanol–water partition coefficient (Wildman–Crippen LogP) is 5.02. The second-order valence-corrected chi connectivity index (χ2v) is 6.33. The summed E-state index contributed by atoms with van der Waals surface area (Å²) in [6, 6.07) is 19.2. The van der Waals surface area contributed by atoms with Gasteiger partial charge in [-0.15, -0.1) is 0 Å². The zero-order valence-corrected chi connectivity index (χ0v) is 15.6. The summed E-state index contributed by atoms with van der Waals surface area (Å²) in [5.41, 5.74) is 2.40. The molecule has 0 aliphatic carbocycles. The molecule has 6 heteroatoms. The van der Waals surface area contributed by atoms with E-state index in [1.807, 2.05) is 19.1 Å². The molecule has 0 atom stereocenters. The zero-order valence-electron chi connectivity index (χ0n) is 15.6. The maximum atomic E-state index is 12.3. The molecule has 144 valence electrons. The molecular formula is C23H17NO5. The number of esters is 1. The van der Waals surface area contributed by atoms with Crippen LogP contribution in [0.15, 0.2) is 78.9 Å². The van der Waals surface area contributed by atoms with E-state index >= 15 is 0 Å². The van der Waals surface area contributed by atoms with Crippen LogP contribution in [0.5, 0.6) is 5.75 Å². The highest BCUT2D eigenvalue weighted by atomic mass is 16.6. The third-order valence-corrected chi connectivity index (χ3v) is 4.14. The van der Waals surface area contributed by atoms with Crippen LogP contribution in [0, 0.1) is 17.0 Å². The summed E-state index contributed by atoms with van der Waals surface area (Å²) in [7, 11) is 0. The first-order valence-corrected chi connectivity index (χ1v) is 8.78. The van der Waals surface area contributed by atoms with Crippen molar-refractivity contribution in [3.8, 4) is 5.75 Å². The predicted molar refractivity (Wildman–Crippen MR) is 109 cm³/mol. The van der Waals surface area contributed by atoms with Gasteiger partial charge in [-0.3, -0.25) is 14.9 Å². The van der Waals surface area contributed by atoms with Crippen LogP contribution in [0.25, 0.3) is 6.08 Å². The lowest BCUT2D eigenvalue weighted by atomic mass is 10.1. The van der Waals surface area contributed by atoms with E-state index in [0.29, 0.717) is 22.4 Å². The van der Waals surface area contributed by atoms with Gasteiger partial charge < -0.3 is 4.74 Å². The topological polar surface area (TPSA) is 86.5 Å². The molecule has 6 nitrogen and oxygen atoms in total. The largest absolute Gasteiger partial charge is 0.423 e. The van der Waals surface area contributed by atoms with Gasteiger partial charge in [0.1, 0.15) is 5.75 Å². The summed E-state index contributed by atoms with van der Waals surface area (Å²) in [4.78, 5) is 34.7. The number of hydrogen-bond acceptors (Lipinski definition) is 5. The Kier molecular flexibility index (Phi) is 5.94. The smallest absolute Gasteiger partial charge is 0.343 e. The average Bonchev–Trinajstić information content (AvgIpc) is 2.73. The molecule has 0 saturated carbocycles. The maximum Gasteiger partial charge on any atom is 0.343 e. The number of nitrogens with zero attached hydrogens (tertiary/aromatic N) is 1. The van der Waals surface area contributed by atoms with Crippen molar-refractivity contribution in [2.75, 3.05) is 0 Å². The molecular weight excluding hydrogens is 370 g/mol. The van der Waals surface area contributed by atoms with E-state index in [1.54, 1.807) is 48.5 Å². The van der Waals surface area contributed by atoms with Crippen molar-refractivity contribution in [3.63, 3.8) is 0 Å². The van der Waals surface area contributed by atoms with Crippen LogP contribution in [0.4, 0.5) is 5.69 Å². The average molecular weight is 387 g/mol. The third kappa shape index (κ3) is 5.23. The fourth-order valence-electron chi connectivity index (χ4n) is 2.55. The molecule has 0 unspecified atom stereocenters. The van der Waals surface area contributed by atoms with Crippen molar-refractivity contribution < 1.29 is 19.2 Å². The molecule has 0 aliphatic heterocycles. The SMILES string of the molecule is Cc1ccc(C(=O)Oc2ccc(C(=O)C=Cc3cccc([N+](=O)[O-])c3)cc2)cc1. The number of aryl methyl sites for hydroxylation is 1. The van der Waals surface area contributed by atoms with Crippen LogP contribution in [0.3, 0.4) is 0 Å². The number of benzene rings is 3. The van der Waals surface area contributed by atoms with Gasteiger partial charge >= 0.3 is 5.97 Å². The van der Waals surface area contributed by atoms with Gasteiger partial charge in [0, 0.05) is 17.7 Å². The summed E-state index contributed by atoms with van der Waals surface area (Å²) in [6.07, 6.45) is 2.85. The Morgan fingerprint density at radius 3 is 2.24 bits per heavy atom. The van der Waals surface area contributed by atoms with Crippen LogP contribution in [-0.2, 0) is 0 Å². The first-order chi connectivity index (χ1) is 13.9. The Hall–Kier alpha value is -4.06. The van der Waals surface area contributed by atoms with E-state index in [4.69, 9.17) is 4.74 Å². The van der Waals surface area contributed by atoms with Crippen LogP contribution in [-0.4, -0.2) is 16.7 Å². The molecule has 29 heavy (non-hydrogen) atoms. The maximum absolute atomic E-state index is 12.3. The standard InChI is InChI=1S/C23H17NO5/c1-16-5-8-19(9-6-16)23(26)29-21-12-10-18(11-13-21)22(25)14-7-17-3-2-4-20(15-17)24(27)28/h2-15H,1H3. The van der Waals surface area contributed by atoms with E-state index in [9.17, 15) is 19.7 Å². The number of nitro benzene ring substituents is 1. The Morgan fingerprint density at radius 2 is 1.59 bits per heavy atom. The van der Waals surface area contributed by atoms with Crippen LogP contribution in [0.1, 0.15) is 31.8 Å². The molecule has 0 amide bonds. The second kappa shape index (κ2) is 8.75. The number of carbonyl (C=O) groups is 2. The Balaban J connectivity index is 1.65. The van der Waals surface area contributed by atoms with Crippen LogP contribution in [0.2, 0.25) is 0 Å². The molecule has 0 heterocycles. The fourth-order valence-corrected chi connectivity index (χ4v) is 2.55. The lowest BCUT2D eigenvalue weighted by molar-refractivity contribution is -0.384. The minimum absolute atomic E-state index is 0.0423. The highest BCUT2D eigenvalue weighted by Gasteiger charge is 2.09. The molecule has 0 N–H and O–H groups in total. The van der Waals surface area contributed by atoms with Crippen molar-refractivity contribution in [2.24, 2.45) is 0 Å². The van der Waals surface area contributed by atoms with Crippen molar-refractivity contribution in [1.82, 2.24) is 0 Å². The highest BCUT2D eigenvalue weighted by Crippen LogP contribution is 2.17. The minimum atomic E-state index is -0.490. The first kappa shape index (κ1) is 19.7. The van der Waals surface area contributed by atoms with Gasteiger partial charge in [-0.25, -0.2) is 4.79 Å². The molecule has 3 aromatic carbocycles. The summed E-state index contributed by atoms with van der Waals surface area (Å²) >= 11 is 0. The van der Waals surface area contributed by atoms with Gasteiger partial charge in [0.15, 0.2) is 5.78 Å². The third-order valence-electron chi connectivity index (χ3n) is 4.14. The van der Waals surface area contributed by atoms with Crippen molar-refractivity contribution in [1.29, 1.82) is 0 Å². The molecule has 0 fully saturated rings. The van der Waals surface area contributed by atoms with E-state index in [2.05, 4.69) is 0 Å². The van der Waals surface area contributed by atoms with E-state index in [0.717, 1.165) is 5.56 Å². The quantitative estimate of drug-likeness (QED) is 0.148. The Morgan fingerprint density at radius 1 is 0.931 bits per heavy atom. The van der Waals surface area contributed by atoms with Gasteiger partial charge in [0.2, 0.25) is 0 Å². The van der Waals surface area contributed by atoms with Crippen molar-refractivity contribution >= 4 is 23.5 Å². The Bertz CT molecular complexity index is 1080. The fraction of sp³-hybridized carbons (Fsp3) is 0.0435. The van der Waals surface area contributed by atoms with Crippen molar-refractivity contribution in [2.45, 2.75) is 6.92 Å². The Labute approximate surface area is 167 Å². The number of allylic oxidation sites excluding steroid dienone is 1. The molecule has 0 bridgehead atoms. The van der Waals surface area contributed by atoms with E-state index in [1.165, 1.54) is 24.3 Å². The van der Waals surface area contributed by atoms with Gasteiger partial charge in [-0.2, -0.15) is 0 Å². The zero-order chi connectivity index (χ0) is 20.8. The second-order valence-electron chi connectivity index (χ2n) is 6.33. The van der Waals surface area contributed by atoms with E-state index in [-0.39, 0.29) is 11.5 Å². The van der Waals surface area contributed by atoms with E-state index < -0.39 is 10.9 Å². The number of rotatable bonds is 6. The van der Waals surface area contributed by atoms with Gasteiger partial charge in [0.05, 0.1) is 10.5 Å². The molecule has 0 aliphatic rings. The van der Waals surface area contributed by atoms with Gasteiger partial charge in [-0.05, 0) is 55.0 Å². The number of ether oxygens (including phenoxy) is 1. The number of non-ortho nitro benzene ring substituents is 1. The number of hydrogen-bond donors (Lipinski definition) is 0. The summed E-state index contributed by atoms with van der Waals surface area (Å²) < 4.78 is 5.31. The summed E-state index contributed by atoms with van der Waals surface area (Å²) in [6.45, 7) is 1.93. The van der Waals surface area contributed by atoms with Gasteiger partial charge in [-0.1, -0.05) is 35.9 Å². The first-order valence-electron chi connectivity index (χ1n) is 8.78. The minimum Gasteiger partial charge on any atom is -0.423 e.